The maximum atomic E-state index is 14.5. The van der Waals surface area contributed by atoms with Gasteiger partial charge in [0.15, 0.2) is 11.5 Å². The second-order valence-corrected chi connectivity index (χ2v) is 9.43. The molecule has 0 saturated carbocycles. The van der Waals surface area contributed by atoms with Crippen molar-refractivity contribution >= 4 is 46.0 Å². The Balaban J connectivity index is 1.65. The molecule has 7 nitrogen and oxygen atoms in total. The van der Waals surface area contributed by atoms with Crippen LogP contribution in [0.25, 0.3) is 0 Å². The van der Waals surface area contributed by atoms with E-state index in [9.17, 15) is 18.8 Å². The molecule has 3 aromatic carbocycles. The molecule has 1 fully saturated rings. The molecule has 0 bridgehead atoms. The molecule has 1 atom stereocenters. The average molecular weight is 602 g/mol. The molecule has 0 radical (unpaired) electrons. The number of imide groups is 1. The number of methoxy groups -OCH3 is 2. The number of anilines is 1. The first-order valence-corrected chi connectivity index (χ1v) is 12.3. The van der Waals surface area contributed by atoms with Crippen molar-refractivity contribution in [2.24, 2.45) is 0 Å². The zero-order chi connectivity index (χ0) is 25.8. The van der Waals surface area contributed by atoms with Crippen LogP contribution in [0.2, 0.25) is 0 Å². The van der Waals surface area contributed by atoms with Crippen molar-refractivity contribution < 1.29 is 28.2 Å². The lowest BCUT2D eigenvalue weighted by molar-refractivity contribution is -0.122. The van der Waals surface area contributed by atoms with Gasteiger partial charge in [-0.2, -0.15) is 0 Å². The maximum Gasteiger partial charge on any atom is 0.257 e. The third kappa shape index (κ3) is 5.20. The van der Waals surface area contributed by atoms with Crippen molar-refractivity contribution in [2.75, 3.05) is 25.7 Å². The van der Waals surface area contributed by atoms with Crippen molar-refractivity contribution in [3.05, 3.63) is 87.2 Å². The fraction of sp³-hybridized carbons (Fsp3) is 0.222. The number of hydrogen-bond acceptors (Lipinski definition) is 5. The van der Waals surface area contributed by atoms with Crippen LogP contribution in [0.15, 0.2) is 66.7 Å². The van der Waals surface area contributed by atoms with Crippen molar-refractivity contribution in [3.63, 3.8) is 0 Å². The molecule has 36 heavy (non-hydrogen) atoms. The Morgan fingerprint density at radius 2 is 1.72 bits per heavy atom. The summed E-state index contributed by atoms with van der Waals surface area (Å²) in [5, 5.41) is 0. The molecule has 9 heteroatoms. The average Bonchev–Trinajstić information content (AvgIpc) is 3.18. The minimum absolute atomic E-state index is 0.0901. The van der Waals surface area contributed by atoms with Crippen molar-refractivity contribution in [1.82, 2.24) is 4.90 Å². The van der Waals surface area contributed by atoms with Gasteiger partial charge in [-0.05, 0) is 83.1 Å². The molecular weight excluding hydrogens is 578 g/mol. The molecule has 0 aromatic heterocycles. The number of ether oxygens (including phenoxy) is 2. The van der Waals surface area contributed by atoms with Gasteiger partial charge in [0.05, 0.1) is 31.9 Å². The summed E-state index contributed by atoms with van der Waals surface area (Å²) in [5.74, 6) is -1.18. The molecule has 1 saturated heterocycles. The molecule has 3 aromatic rings. The number of carbonyl (C=O) groups excluding carboxylic acids is 3. The van der Waals surface area contributed by atoms with Gasteiger partial charge in [0, 0.05) is 10.1 Å². The minimum atomic E-state index is -1.05. The number of rotatable bonds is 8. The fourth-order valence-electron chi connectivity index (χ4n) is 4.19. The molecule has 3 amide bonds. The smallest absolute Gasteiger partial charge is 0.257 e. The van der Waals surface area contributed by atoms with Gasteiger partial charge in [0.25, 0.3) is 11.8 Å². The minimum Gasteiger partial charge on any atom is -0.493 e. The first-order chi connectivity index (χ1) is 17.3. The predicted molar refractivity (Wildman–Crippen MR) is 141 cm³/mol. The molecule has 1 aliphatic heterocycles. The normalized spacial score (nSPS) is 15.2. The van der Waals surface area contributed by atoms with E-state index in [-0.39, 0.29) is 18.5 Å². The highest BCUT2D eigenvalue weighted by atomic mass is 127. The van der Waals surface area contributed by atoms with Crippen LogP contribution < -0.4 is 14.4 Å². The van der Waals surface area contributed by atoms with Gasteiger partial charge in [0.2, 0.25) is 5.91 Å². The van der Waals surface area contributed by atoms with Crippen molar-refractivity contribution in [3.8, 4) is 11.5 Å². The van der Waals surface area contributed by atoms with Gasteiger partial charge < -0.3 is 14.4 Å². The SMILES string of the molecule is COc1ccc(CCN(C(=O)c2ccccc2F)C2CC(=O)N(c3ccc(I)cc3)C2=O)cc1OC. The summed E-state index contributed by atoms with van der Waals surface area (Å²) in [6, 6.07) is 16.9. The van der Waals surface area contributed by atoms with Gasteiger partial charge in [-0.3, -0.25) is 14.4 Å². The lowest BCUT2D eigenvalue weighted by Gasteiger charge is -2.28. The lowest BCUT2D eigenvalue weighted by Crippen LogP contribution is -2.46. The Morgan fingerprint density at radius 1 is 1.03 bits per heavy atom. The number of carbonyl (C=O) groups is 3. The van der Waals surface area contributed by atoms with E-state index in [0.717, 1.165) is 14.0 Å². The molecule has 1 unspecified atom stereocenters. The van der Waals surface area contributed by atoms with Crippen LogP contribution in [0, 0.1) is 9.39 Å². The summed E-state index contributed by atoms with van der Waals surface area (Å²) >= 11 is 2.14. The molecule has 0 spiro atoms. The van der Waals surface area contributed by atoms with E-state index in [4.69, 9.17) is 9.47 Å². The Hall–Kier alpha value is -3.47. The topological polar surface area (TPSA) is 76.2 Å². The van der Waals surface area contributed by atoms with E-state index in [0.29, 0.717) is 23.6 Å². The first kappa shape index (κ1) is 25.6. The summed E-state index contributed by atoms with van der Waals surface area (Å²) < 4.78 is 26.1. The van der Waals surface area contributed by atoms with Crippen LogP contribution in [-0.4, -0.2) is 49.4 Å². The Morgan fingerprint density at radius 3 is 2.39 bits per heavy atom. The van der Waals surface area contributed by atoms with Gasteiger partial charge in [0.1, 0.15) is 11.9 Å². The Labute approximate surface area is 221 Å². The van der Waals surface area contributed by atoms with E-state index in [1.54, 1.807) is 42.5 Å². The van der Waals surface area contributed by atoms with Crippen LogP contribution in [0.5, 0.6) is 11.5 Å². The number of amides is 3. The second-order valence-electron chi connectivity index (χ2n) is 8.18. The number of nitrogens with zero attached hydrogens (tertiary/aromatic N) is 2. The maximum absolute atomic E-state index is 14.5. The second kappa shape index (κ2) is 11.1. The molecule has 0 aliphatic carbocycles. The van der Waals surface area contributed by atoms with Gasteiger partial charge >= 0.3 is 0 Å². The monoisotopic (exact) mass is 602 g/mol. The molecule has 1 heterocycles. The van der Waals surface area contributed by atoms with E-state index in [2.05, 4.69) is 22.6 Å². The van der Waals surface area contributed by atoms with Crippen molar-refractivity contribution in [2.45, 2.75) is 18.9 Å². The van der Waals surface area contributed by atoms with Crippen LogP contribution in [0.4, 0.5) is 10.1 Å². The third-order valence-electron chi connectivity index (χ3n) is 6.04. The van der Waals surface area contributed by atoms with Crippen molar-refractivity contribution in [1.29, 1.82) is 0 Å². The highest BCUT2D eigenvalue weighted by Crippen LogP contribution is 2.30. The zero-order valence-corrected chi connectivity index (χ0v) is 21.9. The first-order valence-electron chi connectivity index (χ1n) is 11.2. The van der Waals surface area contributed by atoms with E-state index < -0.39 is 29.6 Å². The number of hydrogen-bond donors (Lipinski definition) is 0. The molecule has 186 valence electrons. The summed E-state index contributed by atoms with van der Waals surface area (Å²) in [6.07, 6.45) is 0.166. The largest absolute Gasteiger partial charge is 0.493 e. The van der Waals surface area contributed by atoms with Crippen LogP contribution in [0.1, 0.15) is 22.3 Å². The summed E-state index contributed by atoms with van der Waals surface area (Å²) in [5.41, 5.74) is 1.11. The van der Waals surface area contributed by atoms with Crippen LogP contribution in [-0.2, 0) is 16.0 Å². The third-order valence-corrected chi connectivity index (χ3v) is 6.76. The number of halogens is 2. The predicted octanol–water partition coefficient (Wildman–Crippen LogP) is 4.46. The standard InChI is InChI=1S/C27H24FIN2O5/c1-35-23-12-7-17(15-24(23)36-2)13-14-30(26(33)20-5-3-4-6-21(20)28)22-16-25(32)31(27(22)34)19-10-8-18(29)9-11-19/h3-12,15,22H,13-14,16H2,1-2H3. The van der Waals surface area contributed by atoms with E-state index in [1.807, 2.05) is 6.07 Å². The highest BCUT2D eigenvalue weighted by Gasteiger charge is 2.44. The molecule has 1 aliphatic rings. The summed E-state index contributed by atoms with van der Waals surface area (Å²) in [6.45, 7) is 0.0901. The fourth-order valence-corrected chi connectivity index (χ4v) is 4.55. The molecule has 4 rings (SSSR count). The van der Waals surface area contributed by atoms with Gasteiger partial charge in [-0.25, -0.2) is 9.29 Å². The summed E-state index contributed by atoms with van der Waals surface area (Å²) in [7, 11) is 3.06. The van der Waals surface area contributed by atoms with E-state index in [1.165, 1.54) is 37.3 Å². The van der Waals surface area contributed by atoms with Gasteiger partial charge in [-0.15, -0.1) is 0 Å². The summed E-state index contributed by atoms with van der Waals surface area (Å²) in [4.78, 5) is 42.2. The van der Waals surface area contributed by atoms with E-state index >= 15 is 0 Å². The molecular formula is C27H24FIN2O5. The van der Waals surface area contributed by atoms with Crippen LogP contribution in [0.3, 0.4) is 0 Å². The highest BCUT2D eigenvalue weighted by molar-refractivity contribution is 14.1. The van der Waals surface area contributed by atoms with Gasteiger partial charge in [-0.1, -0.05) is 18.2 Å². The Kier molecular flexibility index (Phi) is 7.88. The lowest BCUT2D eigenvalue weighted by atomic mass is 10.1. The molecule has 0 N–H and O–H groups in total. The Bertz CT molecular complexity index is 1300. The quantitative estimate of drug-likeness (QED) is 0.281. The number of benzene rings is 3. The zero-order valence-electron chi connectivity index (χ0n) is 19.7. The van der Waals surface area contributed by atoms with Crippen LogP contribution >= 0.6 is 22.6 Å².